The van der Waals surface area contributed by atoms with Gasteiger partial charge in [0, 0.05) is 36.7 Å². The van der Waals surface area contributed by atoms with E-state index in [1.165, 1.54) is 0 Å². The summed E-state index contributed by atoms with van der Waals surface area (Å²) in [6.45, 7) is 2.09. The molecule has 5 nitrogen and oxygen atoms in total. The summed E-state index contributed by atoms with van der Waals surface area (Å²) >= 11 is 0. The highest BCUT2D eigenvalue weighted by atomic mass is 16.4. The van der Waals surface area contributed by atoms with Gasteiger partial charge in [0.1, 0.15) is 11.6 Å². The van der Waals surface area contributed by atoms with E-state index < -0.39 is 5.97 Å². The number of aromatic nitrogens is 3. The van der Waals surface area contributed by atoms with Crippen molar-refractivity contribution >= 4 is 12.0 Å². The topological polar surface area (TPSA) is 68.0 Å². The van der Waals surface area contributed by atoms with E-state index in [0.717, 1.165) is 30.3 Å². The summed E-state index contributed by atoms with van der Waals surface area (Å²) in [5, 5.41) is 8.71. The number of aryl methyl sites for hydroxylation is 1. The molecule has 0 radical (unpaired) electrons. The molecule has 0 amide bonds. The minimum absolute atomic E-state index is 0.695. The van der Waals surface area contributed by atoms with Crippen molar-refractivity contribution in [1.82, 2.24) is 14.5 Å². The minimum atomic E-state index is -0.978. The zero-order valence-corrected chi connectivity index (χ0v) is 10.7. The minimum Gasteiger partial charge on any atom is -0.478 e. The van der Waals surface area contributed by atoms with Crippen LogP contribution in [-0.4, -0.2) is 25.6 Å². The highest BCUT2D eigenvalue weighted by Crippen LogP contribution is 2.16. The zero-order chi connectivity index (χ0) is 13.7. The number of rotatable bonds is 5. The van der Waals surface area contributed by atoms with Gasteiger partial charge >= 0.3 is 5.97 Å². The predicted molar refractivity (Wildman–Crippen MR) is 72.0 cm³/mol. The van der Waals surface area contributed by atoms with Gasteiger partial charge in [-0.3, -0.25) is 4.57 Å². The van der Waals surface area contributed by atoms with Gasteiger partial charge in [0.2, 0.25) is 0 Å². The Morgan fingerprint density at radius 3 is 3.00 bits per heavy atom. The molecule has 0 fully saturated rings. The Kier molecular flexibility index (Phi) is 4.07. The molecule has 2 aromatic heterocycles. The molecule has 0 aliphatic heterocycles. The summed E-state index contributed by atoms with van der Waals surface area (Å²) in [4.78, 5) is 19.2. The fourth-order valence-electron chi connectivity index (χ4n) is 1.84. The fraction of sp³-hybridized carbons (Fsp3) is 0.214. The Hall–Kier alpha value is -2.43. The van der Waals surface area contributed by atoms with E-state index in [-0.39, 0.29) is 0 Å². The molecule has 2 heterocycles. The van der Waals surface area contributed by atoms with Gasteiger partial charge in [-0.05, 0) is 24.6 Å². The Bertz CT molecular complexity index is 602. The Balaban J connectivity index is 2.44. The standard InChI is InChI=1S/C14H15N3O2/c1-2-4-12-15-9-10-17(12)14-11(5-3-8-16-14)6-7-13(18)19/h3,5-10H,2,4H2,1H3,(H,18,19)/b7-6+. The Morgan fingerprint density at radius 2 is 2.26 bits per heavy atom. The Labute approximate surface area is 111 Å². The molecule has 0 saturated carbocycles. The second kappa shape index (κ2) is 5.95. The normalized spacial score (nSPS) is 11.0. The highest BCUT2D eigenvalue weighted by molar-refractivity contribution is 5.85. The number of carboxylic acid groups (broad SMARTS) is 1. The van der Waals surface area contributed by atoms with Crippen LogP contribution >= 0.6 is 0 Å². The quantitative estimate of drug-likeness (QED) is 0.835. The third-order valence-electron chi connectivity index (χ3n) is 2.64. The van der Waals surface area contributed by atoms with Crippen molar-refractivity contribution in [2.24, 2.45) is 0 Å². The molecular formula is C14H15N3O2. The largest absolute Gasteiger partial charge is 0.478 e. The number of carbonyl (C=O) groups is 1. The van der Waals surface area contributed by atoms with Crippen molar-refractivity contribution in [1.29, 1.82) is 0 Å². The second-order valence-electron chi connectivity index (χ2n) is 4.05. The molecule has 5 heteroatoms. The highest BCUT2D eigenvalue weighted by Gasteiger charge is 2.08. The van der Waals surface area contributed by atoms with Crippen molar-refractivity contribution < 1.29 is 9.90 Å². The molecule has 2 aromatic rings. The summed E-state index contributed by atoms with van der Waals surface area (Å²) in [6.07, 6.45) is 9.74. The molecule has 0 spiro atoms. The molecule has 2 rings (SSSR count). The Morgan fingerprint density at radius 1 is 1.42 bits per heavy atom. The van der Waals surface area contributed by atoms with Crippen LogP contribution in [0.15, 0.2) is 36.8 Å². The number of carboxylic acids is 1. The molecule has 0 atom stereocenters. The first kappa shape index (κ1) is 13.0. The lowest BCUT2D eigenvalue weighted by atomic mass is 10.2. The second-order valence-corrected chi connectivity index (χ2v) is 4.05. The van der Waals surface area contributed by atoms with E-state index in [0.29, 0.717) is 5.82 Å². The van der Waals surface area contributed by atoms with Gasteiger partial charge in [-0.25, -0.2) is 14.8 Å². The molecule has 0 saturated heterocycles. The van der Waals surface area contributed by atoms with E-state index in [1.807, 2.05) is 16.8 Å². The molecule has 1 N–H and O–H groups in total. The van der Waals surface area contributed by atoms with Crippen molar-refractivity contribution in [3.05, 3.63) is 48.2 Å². The van der Waals surface area contributed by atoms with E-state index in [1.54, 1.807) is 24.5 Å². The number of pyridine rings is 1. The fourth-order valence-corrected chi connectivity index (χ4v) is 1.84. The van der Waals surface area contributed by atoms with Crippen LogP contribution in [0.1, 0.15) is 24.7 Å². The third kappa shape index (κ3) is 3.07. The lowest BCUT2D eigenvalue weighted by molar-refractivity contribution is -0.131. The number of imidazole rings is 1. The van der Waals surface area contributed by atoms with Crippen LogP contribution in [0.3, 0.4) is 0 Å². The van der Waals surface area contributed by atoms with Gasteiger partial charge < -0.3 is 5.11 Å². The summed E-state index contributed by atoms with van der Waals surface area (Å²) in [6, 6.07) is 3.61. The summed E-state index contributed by atoms with van der Waals surface area (Å²) in [7, 11) is 0. The van der Waals surface area contributed by atoms with E-state index in [4.69, 9.17) is 5.11 Å². The number of hydrogen-bond donors (Lipinski definition) is 1. The first-order valence-corrected chi connectivity index (χ1v) is 6.11. The molecule has 0 bridgehead atoms. The van der Waals surface area contributed by atoms with Crippen molar-refractivity contribution in [3.8, 4) is 5.82 Å². The van der Waals surface area contributed by atoms with Gasteiger partial charge in [0.05, 0.1) is 0 Å². The molecule has 19 heavy (non-hydrogen) atoms. The van der Waals surface area contributed by atoms with Crippen molar-refractivity contribution in [2.45, 2.75) is 19.8 Å². The SMILES string of the molecule is CCCc1nccn1-c1ncccc1/C=C/C(=O)O. The molecule has 0 aliphatic rings. The van der Waals surface area contributed by atoms with Crippen LogP contribution in [0.5, 0.6) is 0 Å². The first-order valence-electron chi connectivity index (χ1n) is 6.11. The summed E-state index contributed by atoms with van der Waals surface area (Å²) in [5.41, 5.74) is 0.750. The maximum absolute atomic E-state index is 10.6. The van der Waals surface area contributed by atoms with Crippen LogP contribution in [0.4, 0.5) is 0 Å². The van der Waals surface area contributed by atoms with E-state index in [2.05, 4.69) is 16.9 Å². The lowest BCUT2D eigenvalue weighted by Crippen LogP contribution is -2.04. The zero-order valence-electron chi connectivity index (χ0n) is 10.7. The van der Waals surface area contributed by atoms with Gasteiger partial charge in [-0.2, -0.15) is 0 Å². The van der Waals surface area contributed by atoms with Crippen molar-refractivity contribution in [2.75, 3.05) is 0 Å². The summed E-state index contributed by atoms with van der Waals surface area (Å²) < 4.78 is 1.89. The molecular weight excluding hydrogens is 242 g/mol. The lowest BCUT2D eigenvalue weighted by Gasteiger charge is -2.08. The van der Waals surface area contributed by atoms with Crippen LogP contribution in [0, 0.1) is 0 Å². The number of nitrogens with zero attached hydrogens (tertiary/aromatic N) is 3. The van der Waals surface area contributed by atoms with Crippen LogP contribution in [-0.2, 0) is 11.2 Å². The van der Waals surface area contributed by atoms with Crippen molar-refractivity contribution in [3.63, 3.8) is 0 Å². The van der Waals surface area contributed by atoms with Crippen LogP contribution in [0.2, 0.25) is 0 Å². The number of hydrogen-bond acceptors (Lipinski definition) is 3. The monoisotopic (exact) mass is 257 g/mol. The average Bonchev–Trinajstić information content (AvgIpc) is 2.85. The van der Waals surface area contributed by atoms with Crippen LogP contribution < -0.4 is 0 Å². The smallest absolute Gasteiger partial charge is 0.328 e. The van der Waals surface area contributed by atoms with Gasteiger partial charge in [0.25, 0.3) is 0 Å². The molecule has 0 unspecified atom stereocenters. The van der Waals surface area contributed by atoms with Crippen LogP contribution in [0.25, 0.3) is 11.9 Å². The first-order chi connectivity index (χ1) is 9.22. The maximum atomic E-state index is 10.6. The molecule has 0 aromatic carbocycles. The van der Waals surface area contributed by atoms with Gasteiger partial charge in [0.15, 0.2) is 0 Å². The molecule has 98 valence electrons. The van der Waals surface area contributed by atoms with Gasteiger partial charge in [-0.1, -0.05) is 6.92 Å². The van der Waals surface area contributed by atoms with E-state index in [9.17, 15) is 4.79 Å². The third-order valence-corrected chi connectivity index (χ3v) is 2.64. The maximum Gasteiger partial charge on any atom is 0.328 e. The summed E-state index contributed by atoms with van der Waals surface area (Å²) in [5.74, 6) is 0.640. The average molecular weight is 257 g/mol. The predicted octanol–water partition coefficient (Wildman–Crippen LogP) is 2.32. The number of aliphatic carboxylic acids is 1. The van der Waals surface area contributed by atoms with Gasteiger partial charge in [-0.15, -0.1) is 0 Å². The molecule has 0 aliphatic carbocycles. The van der Waals surface area contributed by atoms with E-state index >= 15 is 0 Å².